The Morgan fingerprint density at radius 2 is 2.07 bits per heavy atom. The van der Waals surface area contributed by atoms with Crippen LogP contribution in [-0.2, 0) is 0 Å². The van der Waals surface area contributed by atoms with Gasteiger partial charge in [-0.3, -0.25) is 0 Å². The number of aliphatic hydroxyl groups is 1. The van der Waals surface area contributed by atoms with Gasteiger partial charge in [-0.2, -0.15) is 0 Å². The van der Waals surface area contributed by atoms with Crippen molar-refractivity contribution in [2.45, 2.75) is 25.3 Å². The van der Waals surface area contributed by atoms with Gasteiger partial charge in [0.1, 0.15) is 0 Å². The van der Waals surface area contributed by atoms with E-state index in [-0.39, 0.29) is 6.61 Å². The monoisotopic (exact) mass is 205 g/mol. The van der Waals surface area contributed by atoms with Crippen molar-refractivity contribution in [3.8, 4) is 0 Å². The van der Waals surface area contributed by atoms with Gasteiger partial charge in [0.25, 0.3) is 0 Å². The molecular formula is C13H19NO. The van der Waals surface area contributed by atoms with Gasteiger partial charge in [-0.25, -0.2) is 0 Å². The summed E-state index contributed by atoms with van der Waals surface area (Å²) in [6.45, 7) is 3.24. The lowest BCUT2D eigenvalue weighted by Crippen LogP contribution is -2.48. The predicted octanol–water partition coefficient (Wildman–Crippen LogP) is 1.76. The number of hydrogen-bond donors (Lipinski definition) is 2. The molecule has 1 aromatic carbocycles. The third-order valence-electron chi connectivity index (χ3n) is 3.52. The van der Waals surface area contributed by atoms with E-state index in [1.165, 1.54) is 12.0 Å². The van der Waals surface area contributed by atoms with Crippen molar-refractivity contribution < 1.29 is 5.11 Å². The predicted molar refractivity (Wildman–Crippen MR) is 61.8 cm³/mol. The van der Waals surface area contributed by atoms with Crippen LogP contribution in [0.1, 0.15) is 24.8 Å². The Kier molecular flexibility index (Phi) is 3.39. The van der Waals surface area contributed by atoms with Crippen LogP contribution in [0.15, 0.2) is 30.3 Å². The van der Waals surface area contributed by atoms with Gasteiger partial charge in [0.05, 0.1) is 6.61 Å². The summed E-state index contributed by atoms with van der Waals surface area (Å²) in [5.41, 5.74) is 1.45. The number of aliphatic hydroxyl groups excluding tert-OH is 1. The van der Waals surface area contributed by atoms with Crippen LogP contribution in [0.3, 0.4) is 0 Å². The van der Waals surface area contributed by atoms with E-state index in [0.29, 0.717) is 17.9 Å². The zero-order valence-electron chi connectivity index (χ0n) is 9.19. The van der Waals surface area contributed by atoms with Crippen molar-refractivity contribution in [3.05, 3.63) is 35.9 Å². The van der Waals surface area contributed by atoms with Crippen LogP contribution in [0.25, 0.3) is 0 Å². The maximum absolute atomic E-state index is 8.74. The Bertz CT molecular complexity index is 299. The van der Waals surface area contributed by atoms with Crippen molar-refractivity contribution in [2.24, 2.45) is 5.92 Å². The summed E-state index contributed by atoms with van der Waals surface area (Å²) in [5, 5.41) is 12.1. The van der Waals surface area contributed by atoms with Gasteiger partial charge in [-0.15, -0.1) is 0 Å². The Morgan fingerprint density at radius 3 is 2.67 bits per heavy atom. The fraction of sp³-hybridized carbons (Fsp3) is 0.538. The van der Waals surface area contributed by atoms with Crippen molar-refractivity contribution in [1.29, 1.82) is 0 Å². The highest BCUT2D eigenvalue weighted by molar-refractivity contribution is 5.24. The molecule has 1 aliphatic rings. The summed E-state index contributed by atoms with van der Waals surface area (Å²) in [5.74, 6) is 1.38. The molecular weight excluding hydrogens is 186 g/mol. The summed E-state index contributed by atoms with van der Waals surface area (Å²) < 4.78 is 0. The Hall–Kier alpha value is -0.860. The molecule has 1 aliphatic carbocycles. The molecule has 1 aromatic rings. The lowest BCUT2D eigenvalue weighted by atomic mass is 9.67. The quantitative estimate of drug-likeness (QED) is 0.785. The minimum atomic E-state index is 0.235. The lowest BCUT2D eigenvalue weighted by Gasteiger charge is -2.43. The Labute approximate surface area is 91.3 Å². The smallest absolute Gasteiger partial charge is 0.0556 e. The number of hydrogen-bond acceptors (Lipinski definition) is 2. The second kappa shape index (κ2) is 4.77. The van der Waals surface area contributed by atoms with E-state index in [1.54, 1.807) is 0 Å². The normalized spacial score (nSPS) is 29.9. The number of nitrogens with one attached hydrogen (secondary N) is 1. The van der Waals surface area contributed by atoms with Gasteiger partial charge in [-0.1, -0.05) is 37.3 Å². The van der Waals surface area contributed by atoms with Gasteiger partial charge in [0, 0.05) is 12.6 Å². The molecule has 0 bridgehead atoms. The minimum absolute atomic E-state index is 0.235. The molecule has 0 aliphatic heterocycles. The van der Waals surface area contributed by atoms with Gasteiger partial charge in [0.2, 0.25) is 0 Å². The SMILES string of the molecule is CC1C(NCCO)CC1c1ccccc1. The zero-order chi connectivity index (χ0) is 10.7. The van der Waals surface area contributed by atoms with E-state index in [1.807, 2.05) is 0 Å². The van der Waals surface area contributed by atoms with Crippen molar-refractivity contribution in [2.75, 3.05) is 13.2 Å². The van der Waals surface area contributed by atoms with E-state index in [0.717, 1.165) is 6.54 Å². The number of benzene rings is 1. The molecule has 2 N–H and O–H groups in total. The van der Waals surface area contributed by atoms with Crippen LogP contribution < -0.4 is 5.32 Å². The summed E-state index contributed by atoms with van der Waals surface area (Å²) in [6.07, 6.45) is 1.20. The van der Waals surface area contributed by atoms with Crippen LogP contribution in [-0.4, -0.2) is 24.3 Å². The Morgan fingerprint density at radius 1 is 1.33 bits per heavy atom. The first-order valence-corrected chi connectivity index (χ1v) is 5.72. The first-order chi connectivity index (χ1) is 7.33. The highest BCUT2D eigenvalue weighted by Gasteiger charge is 2.37. The molecule has 0 heterocycles. The van der Waals surface area contributed by atoms with Gasteiger partial charge < -0.3 is 10.4 Å². The molecule has 15 heavy (non-hydrogen) atoms. The van der Waals surface area contributed by atoms with E-state index in [4.69, 9.17) is 5.11 Å². The van der Waals surface area contributed by atoms with Crippen molar-refractivity contribution >= 4 is 0 Å². The summed E-state index contributed by atoms with van der Waals surface area (Å²) in [6, 6.07) is 11.3. The van der Waals surface area contributed by atoms with Gasteiger partial charge in [0.15, 0.2) is 0 Å². The molecule has 0 amide bonds. The molecule has 0 spiro atoms. The third-order valence-corrected chi connectivity index (χ3v) is 3.52. The Balaban J connectivity index is 1.89. The fourth-order valence-electron chi connectivity index (χ4n) is 2.45. The van der Waals surface area contributed by atoms with Crippen LogP contribution >= 0.6 is 0 Å². The van der Waals surface area contributed by atoms with E-state index in [9.17, 15) is 0 Å². The molecule has 0 aromatic heterocycles. The van der Waals surface area contributed by atoms with Crippen LogP contribution in [0, 0.1) is 5.92 Å². The topological polar surface area (TPSA) is 32.3 Å². The minimum Gasteiger partial charge on any atom is -0.395 e. The van der Waals surface area contributed by atoms with Crippen LogP contribution in [0.2, 0.25) is 0 Å². The molecule has 3 unspecified atom stereocenters. The molecule has 1 saturated carbocycles. The summed E-state index contributed by atoms with van der Waals surface area (Å²) in [4.78, 5) is 0. The van der Waals surface area contributed by atoms with Crippen LogP contribution in [0.5, 0.6) is 0 Å². The second-order valence-electron chi connectivity index (χ2n) is 4.40. The van der Waals surface area contributed by atoms with Crippen molar-refractivity contribution in [3.63, 3.8) is 0 Å². The average molecular weight is 205 g/mol. The summed E-state index contributed by atoms with van der Waals surface area (Å²) >= 11 is 0. The summed E-state index contributed by atoms with van der Waals surface area (Å²) in [7, 11) is 0. The van der Waals surface area contributed by atoms with Gasteiger partial charge in [-0.05, 0) is 23.8 Å². The van der Waals surface area contributed by atoms with E-state index < -0.39 is 0 Å². The standard InChI is InChI=1S/C13H19NO/c1-10-12(9-13(10)14-7-8-15)11-5-3-2-4-6-11/h2-6,10,12-15H,7-9H2,1H3. The largest absolute Gasteiger partial charge is 0.395 e. The molecule has 82 valence electrons. The number of rotatable bonds is 4. The molecule has 2 rings (SSSR count). The first-order valence-electron chi connectivity index (χ1n) is 5.72. The maximum Gasteiger partial charge on any atom is 0.0556 e. The molecule has 0 saturated heterocycles. The zero-order valence-corrected chi connectivity index (χ0v) is 9.19. The van der Waals surface area contributed by atoms with Gasteiger partial charge >= 0.3 is 0 Å². The maximum atomic E-state index is 8.74. The lowest BCUT2D eigenvalue weighted by molar-refractivity contribution is 0.171. The molecule has 1 fully saturated rings. The first kappa shape index (κ1) is 10.7. The highest BCUT2D eigenvalue weighted by atomic mass is 16.3. The molecule has 2 nitrogen and oxygen atoms in total. The average Bonchev–Trinajstić information content (AvgIpc) is 2.29. The molecule has 3 atom stereocenters. The van der Waals surface area contributed by atoms with Crippen LogP contribution in [0.4, 0.5) is 0 Å². The van der Waals surface area contributed by atoms with Crippen molar-refractivity contribution in [1.82, 2.24) is 5.32 Å². The highest BCUT2D eigenvalue weighted by Crippen LogP contribution is 2.42. The molecule has 0 radical (unpaired) electrons. The van der Waals surface area contributed by atoms with E-state index >= 15 is 0 Å². The van der Waals surface area contributed by atoms with E-state index in [2.05, 4.69) is 42.6 Å². The fourth-order valence-corrected chi connectivity index (χ4v) is 2.45. The third kappa shape index (κ3) is 2.21. The second-order valence-corrected chi connectivity index (χ2v) is 4.40. The molecule has 2 heteroatoms.